The average molecular weight is 629 g/mol. The third kappa shape index (κ3) is 5.47. The number of carbonyl (C=O) groups is 1. The van der Waals surface area contributed by atoms with Gasteiger partial charge >= 0.3 is 0 Å². The number of nitrogens with zero attached hydrogens (tertiary/aromatic N) is 4. The number of pyridine rings is 1. The molecule has 10 nitrogen and oxygen atoms in total. The number of aliphatic hydroxyl groups is 1. The van der Waals surface area contributed by atoms with Gasteiger partial charge in [-0.25, -0.2) is 18.4 Å². The minimum atomic E-state index is -0.886. The van der Waals surface area contributed by atoms with Gasteiger partial charge in [0.05, 0.1) is 41.2 Å². The summed E-state index contributed by atoms with van der Waals surface area (Å²) in [5.74, 6) is -2.22. The molecule has 0 fully saturated rings. The van der Waals surface area contributed by atoms with Crippen LogP contribution in [0.1, 0.15) is 18.7 Å². The van der Waals surface area contributed by atoms with Crippen LogP contribution in [0.15, 0.2) is 71.5 Å². The standard InChI is InChI=1S/C32H26F2N6O4S/c1-4-26(42)36-16(2)23-14-24(39-38-23)30-28(27-22(34)12-19(33)13-25(27)44-9-8-41)31-21(7-10-45-31)29(37-30)17-5-6-20-18(11-17)15-35-40(3)32(20)43/h4-7,10-16,41H,1,8-9H2,2-3H3,(H,36,42)(H,38,39)/t16-/m1/s1. The van der Waals surface area contributed by atoms with Crippen LogP contribution in [-0.2, 0) is 11.8 Å². The van der Waals surface area contributed by atoms with Gasteiger partial charge in [-0.1, -0.05) is 12.6 Å². The summed E-state index contributed by atoms with van der Waals surface area (Å²) in [6.45, 7) is 4.68. The van der Waals surface area contributed by atoms with Crippen molar-refractivity contribution in [2.45, 2.75) is 13.0 Å². The number of aromatic amines is 1. The fraction of sp³-hybridized carbons (Fsp3) is 0.156. The Kier molecular flexibility index (Phi) is 7.96. The van der Waals surface area contributed by atoms with Crippen LogP contribution in [0.25, 0.3) is 54.6 Å². The van der Waals surface area contributed by atoms with Gasteiger partial charge < -0.3 is 15.2 Å². The number of halogens is 2. The van der Waals surface area contributed by atoms with Crippen molar-refractivity contribution >= 4 is 38.1 Å². The SMILES string of the molecule is C=CC(=O)N[C@H](C)c1cc(-c2nc(-c3ccc4c(=O)n(C)ncc4c3)c3ccsc3c2-c2c(F)cc(F)cc2OCCO)n[nH]1. The summed E-state index contributed by atoms with van der Waals surface area (Å²) >= 11 is 1.33. The Morgan fingerprint density at radius 1 is 1.18 bits per heavy atom. The van der Waals surface area contributed by atoms with Crippen LogP contribution < -0.4 is 15.6 Å². The predicted molar refractivity (Wildman–Crippen MR) is 168 cm³/mol. The van der Waals surface area contributed by atoms with Crippen molar-refractivity contribution < 1.29 is 23.4 Å². The van der Waals surface area contributed by atoms with Crippen LogP contribution in [0.3, 0.4) is 0 Å². The quantitative estimate of drug-likeness (QED) is 0.186. The van der Waals surface area contributed by atoms with E-state index in [1.807, 2.05) is 17.5 Å². The summed E-state index contributed by atoms with van der Waals surface area (Å²) in [6.07, 6.45) is 2.75. The number of hydrogen-bond acceptors (Lipinski definition) is 8. The van der Waals surface area contributed by atoms with Crippen LogP contribution >= 0.6 is 11.3 Å². The third-order valence-electron chi connectivity index (χ3n) is 7.30. The van der Waals surface area contributed by atoms with Crippen LogP contribution in [0.2, 0.25) is 0 Å². The second-order valence-corrected chi connectivity index (χ2v) is 11.1. The average Bonchev–Trinajstić information content (AvgIpc) is 3.72. The van der Waals surface area contributed by atoms with E-state index in [9.17, 15) is 19.1 Å². The maximum absolute atomic E-state index is 15.8. The molecule has 4 heterocycles. The molecule has 13 heteroatoms. The first-order chi connectivity index (χ1) is 21.7. The molecule has 0 bridgehead atoms. The fourth-order valence-electron chi connectivity index (χ4n) is 5.14. The van der Waals surface area contributed by atoms with E-state index in [0.29, 0.717) is 49.1 Å². The molecule has 1 amide bonds. The van der Waals surface area contributed by atoms with Crippen molar-refractivity contribution in [3.8, 4) is 39.5 Å². The maximum atomic E-state index is 15.8. The summed E-state index contributed by atoms with van der Waals surface area (Å²) in [5, 5.41) is 27.3. The first-order valence-corrected chi connectivity index (χ1v) is 14.7. The Hall–Kier alpha value is -5.27. The first kappa shape index (κ1) is 29.8. The molecule has 0 unspecified atom stereocenters. The second kappa shape index (κ2) is 12.0. The summed E-state index contributed by atoms with van der Waals surface area (Å²) in [7, 11) is 1.58. The minimum Gasteiger partial charge on any atom is -0.490 e. The lowest BCUT2D eigenvalue weighted by Crippen LogP contribution is -2.24. The van der Waals surface area contributed by atoms with E-state index in [4.69, 9.17) is 9.72 Å². The van der Waals surface area contributed by atoms with E-state index in [2.05, 4.69) is 27.2 Å². The van der Waals surface area contributed by atoms with Crippen LogP contribution in [0, 0.1) is 11.6 Å². The van der Waals surface area contributed by atoms with Gasteiger partial charge in [0.15, 0.2) is 0 Å². The fourth-order valence-corrected chi connectivity index (χ4v) is 6.09. The molecule has 0 aliphatic rings. The molecule has 228 valence electrons. The summed E-state index contributed by atoms with van der Waals surface area (Å²) in [4.78, 5) is 29.6. The minimum absolute atomic E-state index is 0.0462. The topological polar surface area (TPSA) is 135 Å². The number of benzene rings is 2. The van der Waals surface area contributed by atoms with E-state index >= 15 is 4.39 Å². The highest BCUT2D eigenvalue weighted by molar-refractivity contribution is 7.18. The lowest BCUT2D eigenvalue weighted by Gasteiger charge is -2.17. The number of fused-ring (bicyclic) bond motifs is 2. The number of H-pyrrole nitrogens is 1. The molecule has 0 saturated carbocycles. The largest absolute Gasteiger partial charge is 0.490 e. The molecule has 6 rings (SSSR count). The van der Waals surface area contributed by atoms with Crippen molar-refractivity contribution in [1.29, 1.82) is 0 Å². The van der Waals surface area contributed by atoms with Gasteiger partial charge in [-0.3, -0.25) is 14.7 Å². The van der Waals surface area contributed by atoms with E-state index in [1.54, 1.807) is 38.4 Å². The van der Waals surface area contributed by atoms with Gasteiger partial charge in [0.2, 0.25) is 5.91 Å². The van der Waals surface area contributed by atoms with Gasteiger partial charge in [-0.05, 0) is 42.6 Å². The monoisotopic (exact) mass is 628 g/mol. The number of amides is 1. The highest BCUT2D eigenvalue weighted by Crippen LogP contribution is 2.47. The summed E-state index contributed by atoms with van der Waals surface area (Å²) in [6, 6.07) is 10.2. The molecule has 45 heavy (non-hydrogen) atoms. The molecule has 0 aliphatic heterocycles. The van der Waals surface area contributed by atoms with Gasteiger partial charge in [0.25, 0.3) is 5.56 Å². The van der Waals surface area contributed by atoms with Gasteiger partial charge in [-0.15, -0.1) is 11.3 Å². The smallest absolute Gasteiger partial charge is 0.274 e. The molecular weight excluding hydrogens is 602 g/mol. The molecule has 6 aromatic rings. The zero-order chi connectivity index (χ0) is 31.8. The number of ether oxygens (including phenoxy) is 1. The highest BCUT2D eigenvalue weighted by Gasteiger charge is 2.27. The van der Waals surface area contributed by atoms with Gasteiger partial charge in [0.1, 0.15) is 35.4 Å². The molecule has 0 radical (unpaired) electrons. The third-order valence-corrected chi connectivity index (χ3v) is 8.23. The number of aromatic nitrogens is 5. The summed E-state index contributed by atoms with van der Waals surface area (Å²) < 4.78 is 37.7. The lowest BCUT2D eigenvalue weighted by molar-refractivity contribution is -0.117. The zero-order valence-corrected chi connectivity index (χ0v) is 24.9. The van der Waals surface area contributed by atoms with E-state index in [0.717, 1.165) is 18.2 Å². The van der Waals surface area contributed by atoms with E-state index in [1.165, 1.54) is 16.0 Å². The molecule has 4 aromatic heterocycles. The van der Waals surface area contributed by atoms with Crippen molar-refractivity contribution in [2.75, 3.05) is 13.2 Å². The number of rotatable bonds is 9. The Morgan fingerprint density at radius 3 is 2.78 bits per heavy atom. The Morgan fingerprint density at radius 2 is 2.00 bits per heavy atom. The van der Waals surface area contributed by atoms with Gasteiger partial charge in [0, 0.05) is 45.8 Å². The number of aryl methyl sites for hydroxylation is 1. The second-order valence-electron chi connectivity index (χ2n) is 10.2. The normalized spacial score (nSPS) is 12.0. The lowest BCUT2D eigenvalue weighted by atomic mass is 9.96. The molecule has 0 saturated heterocycles. The van der Waals surface area contributed by atoms with Crippen molar-refractivity contribution in [3.63, 3.8) is 0 Å². The van der Waals surface area contributed by atoms with Crippen LogP contribution in [-0.4, -0.2) is 49.2 Å². The van der Waals surface area contributed by atoms with Gasteiger partial charge in [-0.2, -0.15) is 10.2 Å². The van der Waals surface area contributed by atoms with Crippen molar-refractivity contribution in [3.05, 3.63) is 94.4 Å². The number of nitrogens with one attached hydrogen (secondary N) is 2. The van der Waals surface area contributed by atoms with E-state index in [-0.39, 0.29) is 41.7 Å². The first-order valence-electron chi connectivity index (χ1n) is 13.8. The Labute approximate surface area is 258 Å². The zero-order valence-electron chi connectivity index (χ0n) is 24.1. The molecule has 0 aliphatic carbocycles. The number of aliphatic hydroxyl groups excluding tert-OH is 1. The molecule has 3 N–H and O–H groups in total. The molecule has 2 aromatic carbocycles. The maximum Gasteiger partial charge on any atom is 0.274 e. The number of hydrogen-bond donors (Lipinski definition) is 3. The van der Waals surface area contributed by atoms with E-state index < -0.39 is 17.7 Å². The molecular formula is C32H26F2N6O4S. The van der Waals surface area contributed by atoms with Crippen molar-refractivity contribution in [2.24, 2.45) is 7.05 Å². The van der Waals surface area contributed by atoms with Crippen LogP contribution in [0.4, 0.5) is 8.78 Å². The predicted octanol–water partition coefficient (Wildman–Crippen LogP) is 5.28. The number of thiophene rings is 1. The highest BCUT2D eigenvalue weighted by atomic mass is 32.1. The molecule has 1 atom stereocenters. The molecule has 0 spiro atoms. The van der Waals surface area contributed by atoms with Crippen molar-refractivity contribution in [1.82, 2.24) is 30.3 Å². The Bertz CT molecular complexity index is 2170. The summed E-state index contributed by atoms with van der Waals surface area (Å²) in [5.41, 5.74) is 2.35. The van der Waals surface area contributed by atoms with Crippen LogP contribution in [0.5, 0.6) is 5.75 Å². The Balaban J connectivity index is 1.64. The number of carbonyl (C=O) groups excluding carboxylic acids is 1.